The summed E-state index contributed by atoms with van der Waals surface area (Å²) in [4.78, 5) is 24.3. The van der Waals surface area contributed by atoms with Crippen LogP contribution in [0.3, 0.4) is 0 Å². The Bertz CT molecular complexity index is 375. The van der Waals surface area contributed by atoms with Gasteiger partial charge in [0, 0.05) is 18.7 Å². The molecule has 4 heteroatoms. The van der Waals surface area contributed by atoms with E-state index < -0.39 is 0 Å². The first-order valence-corrected chi connectivity index (χ1v) is 4.94. The van der Waals surface area contributed by atoms with Gasteiger partial charge in [0.05, 0.1) is 0 Å². The lowest BCUT2D eigenvalue weighted by Gasteiger charge is -2.19. The Kier molecular flexibility index (Phi) is 2.67. The number of hydrogen-bond acceptors (Lipinski definition) is 2. The Balaban J connectivity index is 2.21. The number of anilines is 1. The predicted octanol–water partition coefficient (Wildman–Crippen LogP) is 1.52. The standard InChI is InChI=1S/C11H12N2O2/c14-10-7-4-8-13(11(15)12-10)9-5-2-1-3-6-9/h1-3,5-6H,4,7-8H2,(H,12,14,15). The number of carbonyl (C=O) groups excluding carboxylic acids is 2. The molecule has 0 aromatic heterocycles. The first-order chi connectivity index (χ1) is 7.27. The summed E-state index contributed by atoms with van der Waals surface area (Å²) in [5.41, 5.74) is 0.824. The maximum atomic E-state index is 11.6. The maximum absolute atomic E-state index is 11.6. The van der Waals surface area contributed by atoms with Crippen LogP contribution in [-0.4, -0.2) is 18.5 Å². The van der Waals surface area contributed by atoms with E-state index in [1.165, 1.54) is 0 Å². The van der Waals surface area contributed by atoms with Crippen LogP contribution in [0.15, 0.2) is 30.3 Å². The van der Waals surface area contributed by atoms with Gasteiger partial charge in [-0.3, -0.25) is 15.0 Å². The number of rotatable bonds is 1. The van der Waals surface area contributed by atoms with Crippen molar-refractivity contribution in [1.82, 2.24) is 5.32 Å². The van der Waals surface area contributed by atoms with E-state index >= 15 is 0 Å². The van der Waals surface area contributed by atoms with Gasteiger partial charge in [0.2, 0.25) is 5.91 Å². The van der Waals surface area contributed by atoms with E-state index in [1.54, 1.807) is 4.90 Å². The number of carbonyl (C=O) groups is 2. The molecule has 1 heterocycles. The fourth-order valence-electron chi connectivity index (χ4n) is 1.60. The van der Waals surface area contributed by atoms with Crippen molar-refractivity contribution in [3.05, 3.63) is 30.3 Å². The topological polar surface area (TPSA) is 49.4 Å². The molecule has 1 aliphatic rings. The molecule has 2 rings (SSSR count). The van der Waals surface area contributed by atoms with Crippen molar-refractivity contribution < 1.29 is 9.59 Å². The molecule has 0 atom stereocenters. The summed E-state index contributed by atoms with van der Waals surface area (Å²) in [6, 6.07) is 9.02. The number of hydrogen-bond donors (Lipinski definition) is 1. The van der Waals surface area contributed by atoms with E-state index in [4.69, 9.17) is 0 Å². The Morgan fingerprint density at radius 1 is 1.13 bits per heavy atom. The lowest BCUT2D eigenvalue weighted by atomic mass is 10.2. The van der Waals surface area contributed by atoms with Gasteiger partial charge in [-0.2, -0.15) is 0 Å². The number of nitrogens with zero attached hydrogens (tertiary/aromatic N) is 1. The van der Waals surface area contributed by atoms with Gasteiger partial charge in [0.1, 0.15) is 0 Å². The van der Waals surface area contributed by atoms with Crippen LogP contribution in [0.5, 0.6) is 0 Å². The van der Waals surface area contributed by atoms with E-state index in [0.29, 0.717) is 19.4 Å². The Labute approximate surface area is 87.9 Å². The highest BCUT2D eigenvalue weighted by Crippen LogP contribution is 2.15. The molecule has 15 heavy (non-hydrogen) atoms. The smallest absolute Gasteiger partial charge is 0.294 e. The molecule has 0 bridgehead atoms. The van der Waals surface area contributed by atoms with Crippen LogP contribution in [0.4, 0.5) is 10.5 Å². The van der Waals surface area contributed by atoms with Crippen LogP contribution in [0.25, 0.3) is 0 Å². The van der Waals surface area contributed by atoms with Gasteiger partial charge < -0.3 is 0 Å². The molecule has 0 saturated carbocycles. The van der Waals surface area contributed by atoms with Gasteiger partial charge in [-0.25, -0.2) is 4.79 Å². The molecule has 1 fully saturated rings. The van der Waals surface area contributed by atoms with Crippen molar-refractivity contribution >= 4 is 17.6 Å². The second-order valence-corrected chi connectivity index (χ2v) is 3.44. The molecule has 0 spiro atoms. The second kappa shape index (κ2) is 4.13. The van der Waals surface area contributed by atoms with Crippen molar-refractivity contribution in [3.8, 4) is 0 Å². The Hall–Kier alpha value is -1.84. The summed E-state index contributed by atoms with van der Waals surface area (Å²) < 4.78 is 0. The zero-order chi connectivity index (χ0) is 10.7. The van der Waals surface area contributed by atoms with E-state index in [1.807, 2.05) is 30.3 Å². The summed E-state index contributed by atoms with van der Waals surface area (Å²) in [6.07, 6.45) is 1.11. The molecule has 1 saturated heterocycles. The molecule has 0 radical (unpaired) electrons. The van der Waals surface area contributed by atoms with Crippen LogP contribution in [0.1, 0.15) is 12.8 Å². The normalized spacial score (nSPS) is 17.2. The van der Waals surface area contributed by atoms with Crippen molar-refractivity contribution in [2.45, 2.75) is 12.8 Å². The molecule has 4 nitrogen and oxygen atoms in total. The molecule has 1 aromatic carbocycles. The monoisotopic (exact) mass is 204 g/mol. The Morgan fingerprint density at radius 2 is 1.87 bits per heavy atom. The number of amides is 3. The summed E-state index contributed by atoms with van der Waals surface area (Å²) in [7, 11) is 0. The first kappa shape index (κ1) is 9.71. The van der Waals surface area contributed by atoms with Gasteiger partial charge >= 0.3 is 6.03 Å². The van der Waals surface area contributed by atoms with Gasteiger partial charge in [-0.1, -0.05) is 18.2 Å². The molecule has 78 valence electrons. The third kappa shape index (κ3) is 2.15. The molecule has 1 aromatic rings. The lowest BCUT2D eigenvalue weighted by Crippen LogP contribution is -2.40. The van der Waals surface area contributed by atoms with Crippen LogP contribution in [0.2, 0.25) is 0 Å². The van der Waals surface area contributed by atoms with Crippen molar-refractivity contribution in [1.29, 1.82) is 0 Å². The highest BCUT2D eigenvalue weighted by molar-refractivity contribution is 6.03. The first-order valence-electron chi connectivity index (χ1n) is 4.94. The highest BCUT2D eigenvalue weighted by atomic mass is 16.2. The summed E-state index contributed by atoms with van der Waals surface area (Å²) in [5, 5.41) is 2.34. The number of nitrogens with one attached hydrogen (secondary N) is 1. The zero-order valence-corrected chi connectivity index (χ0v) is 8.27. The van der Waals surface area contributed by atoms with Crippen molar-refractivity contribution in [3.63, 3.8) is 0 Å². The summed E-state index contributed by atoms with van der Waals surface area (Å²) in [6.45, 7) is 0.585. The van der Waals surface area contributed by atoms with Gasteiger partial charge in [0.15, 0.2) is 0 Å². The van der Waals surface area contributed by atoms with Gasteiger partial charge in [-0.05, 0) is 18.6 Å². The van der Waals surface area contributed by atoms with Crippen LogP contribution >= 0.6 is 0 Å². The lowest BCUT2D eigenvalue weighted by molar-refractivity contribution is -0.119. The average Bonchev–Trinajstić information content (AvgIpc) is 2.40. The molecular formula is C11H12N2O2. The molecule has 0 aliphatic carbocycles. The minimum Gasteiger partial charge on any atom is -0.294 e. The minimum absolute atomic E-state index is 0.196. The largest absolute Gasteiger partial charge is 0.328 e. The minimum atomic E-state index is -0.330. The molecule has 1 N–H and O–H groups in total. The molecule has 0 unspecified atom stereocenters. The van der Waals surface area contributed by atoms with Crippen molar-refractivity contribution in [2.75, 3.05) is 11.4 Å². The number of urea groups is 1. The number of benzene rings is 1. The average molecular weight is 204 g/mol. The van der Waals surface area contributed by atoms with Gasteiger partial charge in [0.25, 0.3) is 0 Å². The van der Waals surface area contributed by atoms with E-state index in [0.717, 1.165) is 5.69 Å². The number of para-hydroxylation sites is 1. The number of imide groups is 1. The summed E-state index contributed by atoms with van der Waals surface area (Å²) >= 11 is 0. The van der Waals surface area contributed by atoms with E-state index in [9.17, 15) is 9.59 Å². The highest BCUT2D eigenvalue weighted by Gasteiger charge is 2.21. The zero-order valence-electron chi connectivity index (χ0n) is 8.27. The fraction of sp³-hybridized carbons (Fsp3) is 0.273. The van der Waals surface area contributed by atoms with Crippen LogP contribution < -0.4 is 10.2 Å². The third-order valence-electron chi connectivity index (χ3n) is 2.34. The predicted molar refractivity (Wildman–Crippen MR) is 56.6 cm³/mol. The SMILES string of the molecule is O=C1CCCN(c2ccccc2)C(=O)N1. The third-order valence-corrected chi connectivity index (χ3v) is 2.34. The molecule has 1 aliphatic heterocycles. The van der Waals surface area contributed by atoms with Crippen LogP contribution in [-0.2, 0) is 4.79 Å². The molecular weight excluding hydrogens is 192 g/mol. The Morgan fingerprint density at radius 3 is 2.60 bits per heavy atom. The molecule has 3 amide bonds. The second-order valence-electron chi connectivity index (χ2n) is 3.44. The van der Waals surface area contributed by atoms with E-state index in [-0.39, 0.29) is 11.9 Å². The fourth-order valence-corrected chi connectivity index (χ4v) is 1.60. The quantitative estimate of drug-likeness (QED) is 0.754. The summed E-state index contributed by atoms with van der Waals surface area (Å²) in [5.74, 6) is -0.196. The van der Waals surface area contributed by atoms with Gasteiger partial charge in [-0.15, -0.1) is 0 Å². The maximum Gasteiger partial charge on any atom is 0.328 e. The van der Waals surface area contributed by atoms with Crippen LogP contribution in [0, 0.1) is 0 Å². The van der Waals surface area contributed by atoms with Crippen molar-refractivity contribution in [2.24, 2.45) is 0 Å². The van der Waals surface area contributed by atoms with E-state index in [2.05, 4.69) is 5.32 Å².